The van der Waals surface area contributed by atoms with Crippen molar-refractivity contribution in [3.63, 3.8) is 0 Å². The summed E-state index contributed by atoms with van der Waals surface area (Å²) in [5.74, 6) is 0.0476. The third-order valence-electron chi connectivity index (χ3n) is 4.11. The van der Waals surface area contributed by atoms with E-state index in [1.807, 2.05) is 32.0 Å². The Morgan fingerprint density at radius 1 is 0.944 bits per heavy atom. The van der Waals surface area contributed by atoms with Crippen LogP contribution >= 0.6 is 0 Å². The Labute approximate surface area is 110 Å². The summed E-state index contributed by atoms with van der Waals surface area (Å²) in [7, 11) is 0. The first kappa shape index (κ1) is 13.6. The molecule has 1 saturated carbocycles. The van der Waals surface area contributed by atoms with Gasteiger partial charge in [0.25, 0.3) is 0 Å². The molecule has 2 nitrogen and oxygen atoms in total. The van der Waals surface area contributed by atoms with Gasteiger partial charge in [0.05, 0.1) is 11.2 Å². The van der Waals surface area contributed by atoms with E-state index in [0.29, 0.717) is 12.8 Å². The van der Waals surface area contributed by atoms with Crippen LogP contribution in [0.2, 0.25) is 0 Å². The number of aliphatic hydroxyl groups is 2. The Hall–Kier alpha value is -0.860. The van der Waals surface area contributed by atoms with E-state index in [1.165, 1.54) is 0 Å². The molecule has 100 valence electrons. The number of benzene rings is 1. The molecule has 2 rings (SSSR count). The molecule has 1 aliphatic carbocycles. The molecule has 18 heavy (non-hydrogen) atoms. The van der Waals surface area contributed by atoms with Crippen LogP contribution in [-0.4, -0.2) is 21.4 Å². The molecule has 1 fully saturated rings. The van der Waals surface area contributed by atoms with E-state index in [4.69, 9.17) is 0 Å². The fourth-order valence-electron chi connectivity index (χ4n) is 4.32. The molecule has 0 amide bonds. The average molecular weight is 248 g/mol. The van der Waals surface area contributed by atoms with Crippen LogP contribution in [0.5, 0.6) is 0 Å². The molecule has 2 N–H and O–H groups in total. The maximum absolute atomic E-state index is 10.8. The van der Waals surface area contributed by atoms with Crippen LogP contribution in [0.25, 0.3) is 0 Å². The molecular formula is C16H24O2. The molecule has 0 bridgehead atoms. The predicted molar refractivity (Wildman–Crippen MR) is 73.4 cm³/mol. The molecule has 0 spiro atoms. The summed E-state index contributed by atoms with van der Waals surface area (Å²) in [6.07, 6.45) is 1.12. The molecular weight excluding hydrogens is 224 g/mol. The molecule has 0 aromatic heterocycles. The van der Waals surface area contributed by atoms with Gasteiger partial charge in [0, 0.05) is 12.3 Å². The lowest BCUT2D eigenvalue weighted by atomic mass is 9.55. The summed E-state index contributed by atoms with van der Waals surface area (Å²) < 4.78 is 0. The van der Waals surface area contributed by atoms with E-state index in [0.717, 1.165) is 5.56 Å². The van der Waals surface area contributed by atoms with Gasteiger partial charge in [-0.25, -0.2) is 0 Å². The van der Waals surface area contributed by atoms with Crippen molar-refractivity contribution >= 4 is 0 Å². The zero-order valence-electron chi connectivity index (χ0n) is 11.8. The van der Waals surface area contributed by atoms with E-state index < -0.39 is 11.2 Å². The lowest BCUT2D eigenvalue weighted by Gasteiger charge is -2.53. The van der Waals surface area contributed by atoms with Gasteiger partial charge in [-0.05, 0) is 31.2 Å². The maximum atomic E-state index is 10.8. The molecule has 1 aromatic rings. The second-order valence-electron chi connectivity index (χ2n) is 7.04. The molecule has 1 aliphatic rings. The second kappa shape index (κ2) is 4.07. The fraction of sp³-hybridized carbons (Fsp3) is 0.625. The normalized spacial score (nSPS) is 39.6. The first-order chi connectivity index (χ1) is 8.14. The number of hydrogen-bond donors (Lipinski definition) is 2. The summed E-state index contributed by atoms with van der Waals surface area (Å²) in [5, 5.41) is 21.1. The zero-order chi connectivity index (χ0) is 13.6. The van der Waals surface area contributed by atoms with E-state index in [-0.39, 0.29) is 11.3 Å². The number of hydrogen-bond acceptors (Lipinski definition) is 2. The molecule has 0 aliphatic heterocycles. The van der Waals surface area contributed by atoms with Gasteiger partial charge in [-0.15, -0.1) is 0 Å². The highest BCUT2D eigenvalue weighted by Crippen LogP contribution is 2.54. The summed E-state index contributed by atoms with van der Waals surface area (Å²) in [6, 6.07) is 10.1. The van der Waals surface area contributed by atoms with Crippen molar-refractivity contribution in [1.82, 2.24) is 0 Å². The molecule has 0 unspecified atom stereocenters. The van der Waals surface area contributed by atoms with Gasteiger partial charge in [0.2, 0.25) is 0 Å². The van der Waals surface area contributed by atoms with Crippen LogP contribution in [0.4, 0.5) is 0 Å². The number of rotatable bonds is 1. The minimum atomic E-state index is -0.882. The summed E-state index contributed by atoms with van der Waals surface area (Å²) >= 11 is 0. The highest BCUT2D eigenvalue weighted by molar-refractivity contribution is 5.27. The third-order valence-corrected chi connectivity index (χ3v) is 4.11. The minimum absolute atomic E-state index is 0.0476. The lowest BCUT2D eigenvalue weighted by molar-refractivity contribution is -0.139. The van der Waals surface area contributed by atoms with Crippen molar-refractivity contribution in [3.05, 3.63) is 35.9 Å². The van der Waals surface area contributed by atoms with Crippen molar-refractivity contribution in [2.45, 2.75) is 57.7 Å². The Morgan fingerprint density at radius 3 is 2.00 bits per heavy atom. The van der Waals surface area contributed by atoms with Crippen LogP contribution in [0, 0.1) is 5.41 Å². The lowest BCUT2D eigenvalue weighted by Crippen LogP contribution is -2.54. The van der Waals surface area contributed by atoms with E-state index in [2.05, 4.69) is 26.0 Å². The van der Waals surface area contributed by atoms with E-state index >= 15 is 0 Å². The smallest absolute Gasteiger partial charge is 0.0720 e. The van der Waals surface area contributed by atoms with Crippen molar-refractivity contribution in [2.75, 3.05) is 0 Å². The average Bonchev–Trinajstić information content (AvgIpc) is 2.12. The second-order valence-corrected chi connectivity index (χ2v) is 7.04. The van der Waals surface area contributed by atoms with Gasteiger partial charge in [0.1, 0.15) is 0 Å². The van der Waals surface area contributed by atoms with Gasteiger partial charge < -0.3 is 10.2 Å². The van der Waals surface area contributed by atoms with Gasteiger partial charge in [-0.1, -0.05) is 44.2 Å². The largest absolute Gasteiger partial charge is 0.390 e. The molecule has 0 radical (unpaired) electrons. The first-order valence-corrected chi connectivity index (χ1v) is 6.64. The first-order valence-electron chi connectivity index (χ1n) is 6.64. The molecule has 3 atom stereocenters. The SMILES string of the molecule is CC1(C)C[C@](C)(O)C[C@](C)(O)[C@H]1c1ccccc1. The molecule has 2 heteroatoms. The van der Waals surface area contributed by atoms with E-state index in [1.54, 1.807) is 0 Å². The Morgan fingerprint density at radius 2 is 1.50 bits per heavy atom. The van der Waals surface area contributed by atoms with Gasteiger partial charge in [-0.3, -0.25) is 0 Å². The predicted octanol–water partition coefficient (Wildman–Crippen LogP) is 3.09. The Balaban J connectivity index is 2.45. The summed E-state index contributed by atoms with van der Waals surface area (Å²) in [5.41, 5.74) is -0.652. The van der Waals surface area contributed by atoms with Crippen LogP contribution in [-0.2, 0) is 0 Å². The summed E-state index contributed by atoms with van der Waals surface area (Å²) in [4.78, 5) is 0. The van der Waals surface area contributed by atoms with Crippen molar-refractivity contribution in [2.24, 2.45) is 5.41 Å². The highest BCUT2D eigenvalue weighted by atomic mass is 16.3. The monoisotopic (exact) mass is 248 g/mol. The van der Waals surface area contributed by atoms with Crippen LogP contribution < -0.4 is 0 Å². The topological polar surface area (TPSA) is 40.5 Å². The summed E-state index contributed by atoms with van der Waals surface area (Å²) in [6.45, 7) is 7.93. The van der Waals surface area contributed by atoms with Gasteiger partial charge >= 0.3 is 0 Å². The quantitative estimate of drug-likeness (QED) is 0.801. The molecule has 0 saturated heterocycles. The maximum Gasteiger partial charge on any atom is 0.0720 e. The third kappa shape index (κ3) is 2.45. The van der Waals surface area contributed by atoms with Crippen LogP contribution in [0.3, 0.4) is 0 Å². The molecule has 0 heterocycles. The minimum Gasteiger partial charge on any atom is -0.390 e. The van der Waals surface area contributed by atoms with E-state index in [9.17, 15) is 10.2 Å². The zero-order valence-corrected chi connectivity index (χ0v) is 11.8. The van der Waals surface area contributed by atoms with Gasteiger partial charge in [0.15, 0.2) is 0 Å². The van der Waals surface area contributed by atoms with Crippen molar-refractivity contribution < 1.29 is 10.2 Å². The van der Waals surface area contributed by atoms with Crippen LogP contribution in [0.15, 0.2) is 30.3 Å². The van der Waals surface area contributed by atoms with Crippen LogP contribution in [0.1, 0.15) is 52.0 Å². The van der Waals surface area contributed by atoms with Gasteiger partial charge in [-0.2, -0.15) is 0 Å². The Bertz CT molecular complexity index is 398. The molecule has 1 aromatic carbocycles. The standard InChI is InChI=1S/C16H24O2/c1-14(2)10-15(3,17)11-16(4,18)13(14)12-8-6-5-7-9-12/h5-9,13,17-18H,10-11H2,1-4H3/t13-,15-,16-/m0/s1. The van der Waals surface area contributed by atoms with Crippen molar-refractivity contribution in [3.8, 4) is 0 Å². The fourth-order valence-corrected chi connectivity index (χ4v) is 4.32. The van der Waals surface area contributed by atoms with Crippen molar-refractivity contribution in [1.29, 1.82) is 0 Å². The Kier molecular flexibility index (Phi) is 3.07. The highest BCUT2D eigenvalue weighted by Gasteiger charge is 2.53.